The van der Waals surface area contributed by atoms with Crippen LogP contribution in [0.2, 0.25) is 0 Å². The summed E-state index contributed by atoms with van der Waals surface area (Å²) in [6, 6.07) is 11.6. The number of hydrogen-bond donors (Lipinski definition) is 1. The molecule has 0 unspecified atom stereocenters. The molecule has 3 aromatic rings. The molecule has 0 saturated carbocycles. The van der Waals surface area contributed by atoms with E-state index in [1.807, 2.05) is 17.0 Å². The van der Waals surface area contributed by atoms with Crippen molar-refractivity contribution in [3.8, 4) is 0 Å². The van der Waals surface area contributed by atoms with Crippen molar-refractivity contribution in [1.29, 1.82) is 0 Å². The van der Waals surface area contributed by atoms with Gasteiger partial charge in [-0.2, -0.15) is 10.1 Å². The average Bonchev–Trinajstić information content (AvgIpc) is 2.64. The SMILES string of the molecule is Fc1ccc(Nc2cnnc(N3CCc4ccccc4C3)n2)c(F)c1. The average molecular weight is 339 g/mol. The summed E-state index contributed by atoms with van der Waals surface area (Å²) in [6.45, 7) is 1.49. The Labute approximate surface area is 143 Å². The molecule has 4 rings (SSSR count). The van der Waals surface area contributed by atoms with E-state index < -0.39 is 11.6 Å². The third-order valence-corrected chi connectivity index (χ3v) is 4.16. The first-order valence-electron chi connectivity index (χ1n) is 7.92. The molecule has 0 fully saturated rings. The van der Waals surface area contributed by atoms with E-state index in [0.717, 1.165) is 19.0 Å². The van der Waals surface area contributed by atoms with Crippen LogP contribution < -0.4 is 10.2 Å². The Hall–Kier alpha value is -3.09. The lowest BCUT2D eigenvalue weighted by Gasteiger charge is -2.28. The zero-order valence-electron chi connectivity index (χ0n) is 13.3. The van der Waals surface area contributed by atoms with Gasteiger partial charge in [0.2, 0.25) is 5.95 Å². The normalized spacial score (nSPS) is 13.4. The van der Waals surface area contributed by atoms with E-state index >= 15 is 0 Å². The van der Waals surface area contributed by atoms with Crippen LogP contribution in [0.3, 0.4) is 0 Å². The molecule has 0 amide bonds. The molecule has 7 heteroatoms. The van der Waals surface area contributed by atoms with E-state index in [4.69, 9.17) is 0 Å². The second-order valence-corrected chi connectivity index (χ2v) is 5.83. The van der Waals surface area contributed by atoms with Gasteiger partial charge in [-0.1, -0.05) is 24.3 Å². The van der Waals surface area contributed by atoms with Crippen LogP contribution in [0.5, 0.6) is 0 Å². The number of benzene rings is 2. The maximum absolute atomic E-state index is 13.8. The van der Waals surface area contributed by atoms with Crippen molar-refractivity contribution in [1.82, 2.24) is 15.2 Å². The zero-order chi connectivity index (χ0) is 17.2. The van der Waals surface area contributed by atoms with E-state index in [1.54, 1.807) is 0 Å². The van der Waals surface area contributed by atoms with Gasteiger partial charge in [0.15, 0.2) is 5.82 Å². The smallest absolute Gasteiger partial charge is 0.247 e. The van der Waals surface area contributed by atoms with Gasteiger partial charge in [-0.05, 0) is 29.7 Å². The number of halogens is 2. The first-order chi connectivity index (χ1) is 12.2. The summed E-state index contributed by atoms with van der Waals surface area (Å²) >= 11 is 0. The van der Waals surface area contributed by atoms with Crippen molar-refractivity contribution >= 4 is 17.5 Å². The van der Waals surface area contributed by atoms with Crippen LogP contribution in [0.4, 0.5) is 26.2 Å². The molecule has 0 atom stereocenters. The first-order valence-corrected chi connectivity index (χ1v) is 7.92. The van der Waals surface area contributed by atoms with Crippen LogP contribution in [0.25, 0.3) is 0 Å². The standard InChI is InChI=1S/C18H15F2N5/c19-14-5-6-16(15(20)9-14)22-17-10-21-24-18(23-17)25-8-7-12-3-1-2-4-13(12)11-25/h1-6,9-10H,7-8,11H2,(H,22,23,24). The van der Waals surface area contributed by atoms with E-state index in [1.165, 1.54) is 29.5 Å². The van der Waals surface area contributed by atoms with Crippen molar-refractivity contribution in [2.45, 2.75) is 13.0 Å². The number of rotatable bonds is 3. The number of hydrogen-bond acceptors (Lipinski definition) is 5. The van der Waals surface area contributed by atoms with Gasteiger partial charge in [0.1, 0.15) is 11.6 Å². The van der Waals surface area contributed by atoms with Crippen molar-refractivity contribution < 1.29 is 8.78 Å². The summed E-state index contributed by atoms with van der Waals surface area (Å²) in [7, 11) is 0. The predicted molar refractivity (Wildman–Crippen MR) is 90.7 cm³/mol. The zero-order valence-corrected chi connectivity index (χ0v) is 13.3. The fourth-order valence-corrected chi connectivity index (χ4v) is 2.88. The fraction of sp³-hybridized carbons (Fsp3) is 0.167. The Morgan fingerprint density at radius 2 is 1.88 bits per heavy atom. The van der Waals surface area contributed by atoms with Gasteiger partial charge in [-0.3, -0.25) is 0 Å². The van der Waals surface area contributed by atoms with E-state index in [9.17, 15) is 8.78 Å². The predicted octanol–water partition coefficient (Wildman–Crippen LogP) is 3.46. The summed E-state index contributed by atoms with van der Waals surface area (Å²) in [6.07, 6.45) is 2.31. The van der Waals surface area contributed by atoms with Crippen LogP contribution in [0, 0.1) is 11.6 Å². The van der Waals surface area contributed by atoms with E-state index in [0.29, 0.717) is 18.3 Å². The van der Waals surface area contributed by atoms with Gasteiger partial charge < -0.3 is 10.2 Å². The number of anilines is 3. The maximum atomic E-state index is 13.8. The Kier molecular flexibility index (Phi) is 3.97. The van der Waals surface area contributed by atoms with Crippen LogP contribution >= 0.6 is 0 Å². The monoisotopic (exact) mass is 339 g/mol. The molecule has 1 aliphatic heterocycles. The molecule has 2 aromatic carbocycles. The summed E-state index contributed by atoms with van der Waals surface area (Å²) in [5.41, 5.74) is 2.70. The van der Waals surface area contributed by atoms with E-state index in [-0.39, 0.29) is 5.69 Å². The van der Waals surface area contributed by atoms with Crippen molar-refractivity contribution in [2.24, 2.45) is 0 Å². The topological polar surface area (TPSA) is 53.9 Å². The molecule has 0 saturated heterocycles. The highest BCUT2D eigenvalue weighted by Crippen LogP contribution is 2.23. The minimum Gasteiger partial charge on any atom is -0.336 e. The van der Waals surface area contributed by atoms with Crippen LogP contribution in [0.1, 0.15) is 11.1 Å². The lowest BCUT2D eigenvalue weighted by atomic mass is 10.0. The van der Waals surface area contributed by atoms with Crippen LogP contribution in [-0.2, 0) is 13.0 Å². The second-order valence-electron chi connectivity index (χ2n) is 5.83. The minimum absolute atomic E-state index is 0.136. The highest BCUT2D eigenvalue weighted by molar-refractivity contribution is 5.57. The van der Waals surface area contributed by atoms with Gasteiger partial charge in [-0.15, -0.1) is 5.10 Å². The molecule has 0 radical (unpaired) electrons. The second kappa shape index (κ2) is 6.43. The Morgan fingerprint density at radius 1 is 1.04 bits per heavy atom. The number of nitrogens with one attached hydrogen (secondary N) is 1. The molecule has 0 spiro atoms. The van der Waals surface area contributed by atoms with Crippen molar-refractivity contribution in [2.75, 3.05) is 16.8 Å². The number of fused-ring (bicyclic) bond motifs is 1. The summed E-state index contributed by atoms with van der Waals surface area (Å²) < 4.78 is 26.8. The fourth-order valence-electron chi connectivity index (χ4n) is 2.88. The summed E-state index contributed by atoms with van der Waals surface area (Å²) in [5.74, 6) is -0.486. The molecule has 0 bridgehead atoms. The Morgan fingerprint density at radius 3 is 2.72 bits per heavy atom. The Balaban J connectivity index is 1.56. The maximum Gasteiger partial charge on any atom is 0.247 e. The van der Waals surface area contributed by atoms with Gasteiger partial charge in [0.25, 0.3) is 0 Å². The molecule has 25 heavy (non-hydrogen) atoms. The molecule has 5 nitrogen and oxygen atoms in total. The Bertz CT molecular complexity index is 915. The van der Waals surface area contributed by atoms with Crippen LogP contribution in [0.15, 0.2) is 48.7 Å². The molecule has 1 N–H and O–H groups in total. The molecule has 1 aliphatic rings. The van der Waals surface area contributed by atoms with Crippen molar-refractivity contribution in [3.63, 3.8) is 0 Å². The largest absolute Gasteiger partial charge is 0.336 e. The molecular weight excluding hydrogens is 324 g/mol. The van der Waals surface area contributed by atoms with Gasteiger partial charge in [0, 0.05) is 19.2 Å². The third kappa shape index (κ3) is 3.26. The molecule has 126 valence electrons. The third-order valence-electron chi connectivity index (χ3n) is 4.16. The molecular formula is C18H15F2N5. The molecule has 0 aliphatic carbocycles. The lowest BCUT2D eigenvalue weighted by Crippen LogP contribution is -2.32. The summed E-state index contributed by atoms with van der Waals surface area (Å²) in [4.78, 5) is 6.44. The van der Waals surface area contributed by atoms with E-state index in [2.05, 4.69) is 32.6 Å². The molecule has 2 heterocycles. The highest BCUT2D eigenvalue weighted by atomic mass is 19.1. The number of nitrogens with zero attached hydrogens (tertiary/aromatic N) is 4. The highest BCUT2D eigenvalue weighted by Gasteiger charge is 2.19. The molecule has 1 aromatic heterocycles. The van der Waals surface area contributed by atoms with Gasteiger partial charge in [0.05, 0.1) is 11.9 Å². The van der Waals surface area contributed by atoms with Crippen molar-refractivity contribution in [3.05, 3.63) is 71.4 Å². The van der Waals surface area contributed by atoms with Gasteiger partial charge in [-0.25, -0.2) is 8.78 Å². The summed E-state index contributed by atoms with van der Waals surface area (Å²) in [5, 5.41) is 10.8. The quantitative estimate of drug-likeness (QED) is 0.792. The number of aromatic nitrogens is 3. The lowest BCUT2D eigenvalue weighted by molar-refractivity contribution is 0.586. The minimum atomic E-state index is -0.688. The van der Waals surface area contributed by atoms with Gasteiger partial charge >= 0.3 is 0 Å². The van der Waals surface area contributed by atoms with Crippen LogP contribution in [-0.4, -0.2) is 21.7 Å². The first kappa shape index (κ1) is 15.4.